The Morgan fingerprint density at radius 3 is 2.10 bits per heavy atom. The highest BCUT2D eigenvalue weighted by molar-refractivity contribution is 5.95. The van der Waals surface area contributed by atoms with Gasteiger partial charge in [0.15, 0.2) is 12.4 Å². The number of methoxy groups -OCH3 is 2. The number of hydrogen-bond donors (Lipinski definition) is 0. The van der Waals surface area contributed by atoms with E-state index < -0.39 is 23.3 Å². The van der Waals surface area contributed by atoms with Crippen molar-refractivity contribution in [3.8, 4) is 11.5 Å². The number of rotatable bonds is 15. The molecule has 0 saturated carbocycles. The van der Waals surface area contributed by atoms with Gasteiger partial charge in [0, 0.05) is 58.1 Å². The molecule has 18 nitrogen and oxygen atoms in total. The van der Waals surface area contributed by atoms with Crippen LogP contribution in [0.4, 0.5) is 17.5 Å². The van der Waals surface area contributed by atoms with Crippen LogP contribution >= 0.6 is 0 Å². The van der Waals surface area contributed by atoms with Crippen LogP contribution in [0.5, 0.6) is 11.5 Å². The van der Waals surface area contributed by atoms with Crippen molar-refractivity contribution in [2.24, 2.45) is 11.8 Å². The standard InChI is InChI=1S/C16H21N3O8.C15H18N2O5/c1-3-26-15(21)9-27-12-4-5-13(17-16(12)19(22)23)18-7-11(6-14(18)20)8-25-10-24-2;1-20-9-21-7-10-4-15(19)17(6-10)14-3-2-13-12(16-14)5-11(18)8-22-13/h4-5,11H,3,6-10H2,1-2H3;2-3,10H,4-9H2,1H3/t11-;10-/m00/s1. The lowest BCUT2D eigenvalue weighted by atomic mass is 10.1. The molecule has 5 rings (SSSR count). The van der Waals surface area contributed by atoms with Crippen molar-refractivity contribution in [2.75, 3.05) is 83.7 Å². The second-order valence-electron chi connectivity index (χ2n) is 11.2. The van der Waals surface area contributed by atoms with E-state index in [1.165, 1.54) is 24.1 Å². The molecule has 5 heterocycles. The number of amides is 2. The molecular weight excluding hydrogens is 650 g/mol. The number of carbonyl (C=O) groups is 4. The van der Waals surface area contributed by atoms with E-state index in [1.54, 1.807) is 31.1 Å². The molecule has 2 aromatic rings. The van der Waals surface area contributed by atoms with Crippen molar-refractivity contribution in [3.05, 3.63) is 40.1 Å². The molecule has 0 radical (unpaired) electrons. The first-order chi connectivity index (χ1) is 23.6. The molecule has 3 aliphatic rings. The molecule has 2 aromatic heterocycles. The molecule has 0 spiro atoms. The summed E-state index contributed by atoms with van der Waals surface area (Å²) in [6.07, 6.45) is 0.934. The van der Waals surface area contributed by atoms with Gasteiger partial charge in [-0.1, -0.05) is 0 Å². The molecule has 18 heteroatoms. The van der Waals surface area contributed by atoms with E-state index in [0.29, 0.717) is 50.0 Å². The van der Waals surface area contributed by atoms with Crippen LogP contribution in [-0.2, 0) is 49.3 Å². The summed E-state index contributed by atoms with van der Waals surface area (Å²) in [4.78, 5) is 69.1. The number of anilines is 2. The van der Waals surface area contributed by atoms with E-state index in [1.807, 2.05) is 0 Å². The first kappa shape index (κ1) is 37.0. The van der Waals surface area contributed by atoms with Gasteiger partial charge in [0.1, 0.15) is 31.8 Å². The van der Waals surface area contributed by atoms with E-state index in [4.69, 9.17) is 33.2 Å². The molecule has 2 saturated heterocycles. The van der Waals surface area contributed by atoms with Crippen LogP contribution in [-0.4, -0.2) is 112 Å². The summed E-state index contributed by atoms with van der Waals surface area (Å²) in [6, 6.07) is 6.27. The molecule has 0 bridgehead atoms. The maximum atomic E-state index is 12.2. The van der Waals surface area contributed by atoms with E-state index >= 15 is 0 Å². The van der Waals surface area contributed by atoms with Crippen LogP contribution < -0.4 is 19.3 Å². The lowest BCUT2D eigenvalue weighted by Gasteiger charge is -2.20. The summed E-state index contributed by atoms with van der Waals surface area (Å²) < 4.78 is 35.4. The van der Waals surface area contributed by atoms with Crippen LogP contribution in [0.15, 0.2) is 24.3 Å². The Morgan fingerprint density at radius 1 is 0.939 bits per heavy atom. The number of Topliss-reactive ketones (excluding diaryl/α,β-unsaturated/α-hetero) is 1. The summed E-state index contributed by atoms with van der Waals surface area (Å²) in [6.45, 7) is 3.47. The normalized spacial score (nSPS) is 18.5. The number of hydrogen-bond acceptors (Lipinski definition) is 15. The van der Waals surface area contributed by atoms with Crippen molar-refractivity contribution < 1.29 is 57.3 Å². The molecule has 2 amide bonds. The second kappa shape index (κ2) is 18.1. The average Bonchev–Trinajstić information content (AvgIpc) is 3.65. The number of ketones is 1. The number of nitrogens with zero attached hydrogens (tertiary/aromatic N) is 5. The van der Waals surface area contributed by atoms with Gasteiger partial charge in [-0.25, -0.2) is 9.78 Å². The smallest absolute Gasteiger partial charge is 0.408 e. The van der Waals surface area contributed by atoms with Crippen molar-refractivity contribution in [2.45, 2.75) is 26.2 Å². The largest absolute Gasteiger partial charge is 0.484 e. The quantitative estimate of drug-likeness (QED) is 0.0853. The number of carbonyl (C=O) groups excluding carboxylic acids is 4. The molecule has 0 aromatic carbocycles. The summed E-state index contributed by atoms with van der Waals surface area (Å²) in [7, 11) is 3.06. The van der Waals surface area contributed by atoms with Gasteiger partial charge in [0.25, 0.3) is 5.82 Å². The number of esters is 1. The molecule has 0 aliphatic carbocycles. The fraction of sp³-hybridized carbons (Fsp3) is 0.548. The van der Waals surface area contributed by atoms with Crippen LogP contribution in [0, 0.1) is 22.0 Å². The summed E-state index contributed by atoms with van der Waals surface area (Å²) in [5.74, 6) is -0.209. The van der Waals surface area contributed by atoms with Crippen molar-refractivity contribution in [3.63, 3.8) is 0 Å². The lowest BCUT2D eigenvalue weighted by Crippen LogP contribution is -2.28. The minimum atomic E-state index is -0.732. The summed E-state index contributed by atoms with van der Waals surface area (Å²) in [5.41, 5.74) is 0.598. The second-order valence-corrected chi connectivity index (χ2v) is 11.2. The number of fused-ring (bicyclic) bond motifs is 1. The third kappa shape index (κ3) is 10.4. The Morgan fingerprint density at radius 2 is 1.53 bits per heavy atom. The number of ether oxygens (including phenoxy) is 7. The third-order valence-electron chi connectivity index (χ3n) is 7.39. The Bertz CT molecular complexity index is 1510. The molecular formula is C31H39N5O13. The van der Waals surface area contributed by atoms with E-state index in [0.717, 1.165) is 0 Å². The van der Waals surface area contributed by atoms with E-state index in [-0.39, 0.29) is 80.6 Å². The van der Waals surface area contributed by atoms with Crippen LogP contribution in [0.1, 0.15) is 25.5 Å². The molecule has 2 atom stereocenters. The van der Waals surface area contributed by atoms with Gasteiger partial charge in [0.05, 0.1) is 31.9 Å². The molecule has 3 aliphatic heterocycles. The first-order valence-corrected chi connectivity index (χ1v) is 15.5. The first-order valence-electron chi connectivity index (χ1n) is 15.5. The van der Waals surface area contributed by atoms with Crippen LogP contribution in [0.3, 0.4) is 0 Å². The Balaban J connectivity index is 0.000000225. The highest BCUT2D eigenvalue weighted by Gasteiger charge is 2.35. The number of nitro groups is 1. The fourth-order valence-corrected chi connectivity index (χ4v) is 5.27. The highest BCUT2D eigenvalue weighted by atomic mass is 16.7. The molecule has 49 heavy (non-hydrogen) atoms. The topological polar surface area (TPSA) is 208 Å². The maximum Gasteiger partial charge on any atom is 0.408 e. The van der Waals surface area contributed by atoms with Crippen molar-refractivity contribution in [1.29, 1.82) is 0 Å². The molecule has 266 valence electrons. The monoisotopic (exact) mass is 689 g/mol. The maximum absolute atomic E-state index is 12.2. The van der Waals surface area contributed by atoms with Crippen LogP contribution in [0.2, 0.25) is 0 Å². The number of aromatic nitrogens is 2. The Labute approximate surface area is 281 Å². The van der Waals surface area contributed by atoms with Gasteiger partial charge < -0.3 is 43.3 Å². The fourth-order valence-electron chi connectivity index (χ4n) is 5.27. The zero-order valence-electron chi connectivity index (χ0n) is 27.5. The van der Waals surface area contributed by atoms with Gasteiger partial charge in [-0.3, -0.25) is 24.2 Å². The van der Waals surface area contributed by atoms with Crippen LogP contribution in [0.25, 0.3) is 0 Å². The zero-order chi connectivity index (χ0) is 35.3. The number of pyridine rings is 2. The summed E-state index contributed by atoms with van der Waals surface area (Å²) >= 11 is 0. The SMILES string of the molecule is CCOC(=O)COc1ccc(N2C[C@@H](COCOC)CC2=O)nc1[N+](=O)[O-].COCOC[C@H]1CC(=O)N(c2ccc3c(n2)CC(=O)CO3)C1. The van der Waals surface area contributed by atoms with E-state index in [2.05, 4.69) is 9.97 Å². The van der Waals surface area contributed by atoms with Gasteiger partial charge in [-0.05, 0) is 35.0 Å². The lowest BCUT2D eigenvalue weighted by molar-refractivity contribution is -0.390. The zero-order valence-corrected chi connectivity index (χ0v) is 27.5. The minimum absolute atomic E-state index is 0.00394. The predicted octanol–water partition coefficient (Wildman–Crippen LogP) is 1.46. The molecule has 2 fully saturated rings. The van der Waals surface area contributed by atoms with E-state index in [9.17, 15) is 29.3 Å². The average molecular weight is 690 g/mol. The predicted molar refractivity (Wildman–Crippen MR) is 168 cm³/mol. The summed E-state index contributed by atoms with van der Waals surface area (Å²) in [5, 5.41) is 11.3. The van der Waals surface area contributed by atoms with Crippen molar-refractivity contribution in [1.82, 2.24) is 9.97 Å². The molecule has 0 unspecified atom stereocenters. The van der Waals surface area contributed by atoms with Gasteiger partial charge in [-0.2, -0.15) is 0 Å². The molecule has 0 N–H and O–H groups in total. The third-order valence-corrected chi connectivity index (χ3v) is 7.39. The Kier molecular flexibility index (Phi) is 13.7. The Hall–Kier alpha value is -4.78. The van der Waals surface area contributed by atoms with Gasteiger partial charge in [0.2, 0.25) is 17.6 Å². The van der Waals surface area contributed by atoms with Gasteiger partial charge in [-0.15, -0.1) is 0 Å². The van der Waals surface area contributed by atoms with Gasteiger partial charge >= 0.3 is 11.8 Å². The minimum Gasteiger partial charge on any atom is -0.484 e. The van der Waals surface area contributed by atoms with Crippen molar-refractivity contribution >= 4 is 41.0 Å². The highest BCUT2D eigenvalue weighted by Crippen LogP contribution is 2.31.